The van der Waals surface area contributed by atoms with Gasteiger partial charge in [-0.1, -0.05) is 6.07 Å². The molecule has 5 N–H and O–H groups in total. The molecule has 82 valence electrons. The molecule has 0 fully saturated rings. The molecule has 15 heavy (non-hydrogen) atoms. The van der Waals surface area contributed by atoms with Crippen LogP contribution < -0.4 is 17.0 Å². The van der Waals surface area contributed by atoms with Crippen LogP contribution >= 0.6 is 11.8 Å². The molecule has 0 aliphatic rings. The fraction of sp³-hybridized carbons (Fsp3) is 0.300. The summed E-state index contributed by atoms with van der Waals surface area (Å²) in [6.07, 6.45) is 0.412. The van der Waals surface area contributed by atoms with Gasteiger partial charge in [-0.2, -0.15) is 0 Å². The first-order chi connectivity index (χ1) is 7.15. The molecular weight excluding hydrogens is 210 g/mol. The lowest BCUT2D eigenvalue weighted by Gasteiger charge is -2.07. The van der Waals surface area contributed by atoms with Crippen LogP contribution in [0.5, 0.6) is 0 Å². The Bertz CT molecular complexity index is 355. The van der Waals surface area contributed by atoms with E-state index in [9.17, 15) is 4.79 Å². The number of anilines is 1. The van der Waals surface area contributed by atoms with Gasteiger partial charge >= 0.3 is 0 Å². The summed E-state index contributed by atoms with van der Waals surface area (Å²) >= 11 is 1.61. The summed E-state index contributed by atoms with van der Waals surface area (Å²) in [5.74, 6) is 5.53. The van der Waals surface area contributed by atoms with Crippen LogP contribution in [0, 0.1) is 6.92 Å². The summed E-state index contributed by atoms with van der Waals surface area (Å²) in [5, 5.41) is 0. The van der Waals surface area contributed by atoms with E-state index in [1.807, 2.05) is 25.1 Å². The minimum absolute atomic E-state index is 0.149. The quantitative estimate of drug-likeness (QED) is 0.235. The van der Waals surface area contributed by atoms with Gasteiger partial charge in [0, 0.05) is 22.8 Å². The fourth-order valence-electron chi connectivity index (χ4n) is 1.11. The van der Waals surface area contributed by atoms with E-state index in [2.05, 4.69) is 5.43 Å². The zero-order valence-corrected chi connectivity index (χ0v) is 9.43. The maximum Gasteiger partial charge on any atom is 0.234 e. The van der Waals surface area contributed by atoms with Crippen LogP contribution in [0.25, 0.3) is 0 Å². The Labute approximate surface area is 93.4 Å². The monoisotopic (exact) mass is 225 g/mol. The number of amides is 1. The molecule has 0 aliphatic heterocycles. The Kier molecular flexibility index (Phi) is 4.45. The molecule has 0 radical (unpaired) electrons. The highest BCUT2D eigenvalue weighted by Crippen LogP contribution is 2.26. The molecule has 0 saturated heterocycles. The van der Waals surface area contributed by atoms with Crippen molar-refractivity contribution in [2.75, 3.05) is 11.5 Å². The van der Waals surface area contributed by atoms with Crippen molar-refractivity contribution in [1.82, 2.24) is 5.43 Å². The SMILES string of the molecule is Cc1c(N)cccc1SCCC(=O)NN. The van der Waals surface area contributed by atoms with E-state index in [4.69, 9.17) is 11.6 Å². The molecular formula is C10H15N3OS. The summed E-state index contributed by atoms with van der Waals surface area (Å²) in [7, 11) is 0. The topological polar surface area (TPSA) is 81.1 Å². The number of rotatable bonds is 4. The highest BCUT2D eigenvalue weighted by atomic mass is 32.2. The van der Waals surface area contributed by atoms with Crippen molar-refractivity contribution in [2.24, 2.45) is 5.84 Å². The summed E-state index contributed by atoms with van der Waals surface area (Å²) in [6.45, 7) is 1.97. The second-order valence-electron chi connectivity index (χ2n) is 3.14. The van der Waals surface area contributed by atoms with Gasteiger partial charge in [-0.05, 0) is 24.6 Å². The van der Waals surface area contributed by atoms with Crippen LogP contribution in [0.4, 0.5) is 5.69 Å². The molecule has 1 rings (SSSR count). The second kappa shape index (κ2) is 5.63. The number of carbonyl (C=O) groups is 1. The third kappa shape index (κ3) is 3.45. The van der Waals surface area contributed by atoms with Gasteiger partial charge in [0.15, 0.2) is 0 Å². The van der Waals surface area contributed by atoms with Gasteiger partial charge in [-0.3, -0.25) is 10.2 Å². The molecule has 0 saturated carbocycles. The first-order valence-corrected chi connectivity index (χ1v) is 5.61. The Morgan fingerprint density at radius 2 is 2.27 bits per heavy atom. The van der Waals surface area contributed by atoms with Gasteiger partial charge in [0.25, 0.3) is 0 Å². The van der Waals surface area contributed by atoms with E-state index in [0.29, 0.717) is 12.2 Å². The lowest BCUT2D eigenvalue weighted by atomic mass is 10.2. The summed E-state index contributed by atoms with van der Waals surface area (Å²) in [4.78, 5) is 12.0. The summed E-state index contributed by atoms with van der Waals surface area (Å²) in [5.41, 5.74) is 9.71. The smallest absolute Gasteiger partial charge is 0.234 e. The van der Waals surface area contributed by atoms with Gasteiger partial charge in [-0.15, -0.1) is 11.8 Å². The van der Waals surface area contributed by atoms with Crippen molar-refractivity contribution < 1.29 is 4.79 Å². The van der Waals surface area contributed by atoms with Gasteiger partial charge in [0.2, 0.25) is 5.91 Å². The predicted octanol–water partition coefficient (Wildman–Crippen LogP) is 1.05. The van der Waals surface area contributed by atoms with Crippen molar-refractivity contribution in [3.05, 3.63) is 23.8 Å². The van der Waals surface area contributed by atoms with E-state index in [1.165, 1.54) is 0 Å². The summed E-state index contributed by atoms with van der Waals surface area (Å²) < 4.78 is 0. The molecule has 0 heterocycles. The van der Waals surface area contributed by atoms with Crippen LogP contribution in [0.2, 0.25) is 0 Å². The molecule has 0 aliphatic carbocycles. The van der Waals surface area contributed by atoms with Crippen LogP contribution in [0.1, 0.15) is 12.0 Å². The maximum atomic E-state index is 10.9. The Balaban J connectivity index is 2.51. The largest absolute Gasteiger partial charge is 0.398 e. The first-order valence-electron chi connectivity index (χ1n) is 4.62. The number of carbonyl (C=O) groups excluding carboxylic acids is 1. The lowest BCUT2D eigenvalue weighted by molar-refractivity contribution is -0.120. The molecule has 0 bridgehead atoms. The highest BCUT2D eigenvalue weighted by Gasteiger charge is 2.03. The number of hydrogen-bond donors (Lipinski definition) is 3. The van der Waals surface area contributed by atoms with Crippen molar-refractivity contribution in [1.29, 1.82) is 0 Å². The Morgan fingerprint density at radius 1 is 1.53 bits per heavy atom. The van der Waals surface area contributed by atoms with Crippen molar-refractivity contribution in [2.45, 2.75) is 18.2 Å². The van der Waals surface area contributed by atoms with Crippen LogP contribution in [-0.2, 0) is 4.79 Å². The molecule has 0 unspecified atom stereocenters. The van der Waals surface area contributed by atoms with E-state index in [-0.39, 0.29) is 5.91 Å². The molecule has 4 nitrogen and oxygen atoms in total. The van der Waals surface area contributed by atoms with Crippen LogP contribution in [-0.4, -0.2) is 11.7 Å². The number of nitrogens with two attached hydrogens (primary N) is 2. The minimum atomic E-state index is -0.149. The molecule has 0 spiro atoms. The van der Waals surface area contributed by atoms with Gasteiger partial charge in [-0.25, -0.2) is 5.84 Å². The molecule has 0 atom stereocenters. The zero-order chi connectivity index (χ0) is 11.3. The number of benzene rings is 1. The fourth-order valence-corrected chi connectivity index (χ4v) is 2.13. The lowest BCUT2D eigenvalue weighted by Crippen LogP contribution is -2.30. The third-order valence-electron chi connectivity index (χ3n) is 2.07. The third-order valence-corrected chi connectivity index (χ3v) is 3.24. The van der Waals surface area contributed by atoms with E-state index >= 15 is 0 Å². The van der Waals surface area contributed by atoms with E-state index < -0.39 is 0 Å². The van der Waals surface area contributed by atoms with E-state index in [1.54, 1.807) is 11.8 Å². The van der Waals surface area contributed by atoms with Crippen molar-refractivity contribution in [3.8, 4) is 0 Å². The molecule has 5 heteroatoms. The van der Waals surface area contributed by atoms with Gasteiger partial charge in [0.1, 0.15) is 0 Å². The molecule has 1 aromatic carbocycles. The molecule has 1 aromatic rings. The maximum absolute atomic E-state index is 10.9. The number of hydrazine groups is 1. The average Bonchev–Trinajstić information content (AvgIpc) is 2.24. The van der Waals surface area contributed by atoms with Gasteiger partial charge in [0.05, 0.1) is 0 Å². The number of hydrogen-bond acceptors (Lipinski definition) is 4. The van der Waals surface area contributed by atoms with Crippen molar-refractivity contribution >= 4 is 23.4 Å². The van der Waals surface area contributed by atoms with Crippen LogP contribution in [0.3, 0.4) is 0 Å². The van der Waals surface area contributed by atoms with Crippen LogP contribution in [0.15, 0.2) is 23.1 Å². The molecule has 1 amide bonds. The Hall–Kier alpha value is -1.20. The molecule has 0 aromatic heterocycles. The zero-order valence-electron chi connectivity index (χ0n) is 8.62. The average molecular weight is 225 g/mol. The number of nitrogens with one attached hydrogen (secondary N) is 1. The first kappa shape index (κ1) is 11.9. The minimum Gasteiger partial charge on any atom is -0.398 e. The number of thioether (sulfide) groups is 1. The number of nitrogen functional groups attached to an aromatic ring is 1. The van der Waals surface area contributed by atoms with Gasteiger partial charge < -0.3 is 5.73 Å². The highest BCUT2D eigenvalue weighted by molar-refractivity contribution is 7.99. The Morgan fingerprint density at radius 3 is 2.93 bits per heavy atom. The second-order valence-corrected chi connectivity index (χ2v) is 4.27. The summed E-state index contributed by atoms with van der Waals surface area (Å²) in [6, 6.07) is 5.77. The van der Waals surface area contributed by atoms with E-state index in [0.717, 1.165) is 16.1 Å². The van der Waals surface area contributed by atoms with Crippen molar-refractivity contribution in [3.63, 3.8) is 0 Å². The normalized spacial score (nSPS) is 10.0. The predicted molar refractivity (Wildman–Crippen MR) is 63.3 cm³/mol. The standard InChI is InChI=1S/C10H15N3OS/c1-7-8(11)3-2-4-9(7)15-6-5-10(14)13-12/h2-4H,5-6,11-12H2,1H3,(H,13,14).